The van der Waals surface area contributed by atoms with Gasteiger partial charge in [0.1, 0.15) is 18.8 Å². The summed E-state index contributed by atoms with van der Waals surface area (Å²) in [5.74, 6) is 0. The molecular weight excluding hydrogens is 179 g/mol. The lowest BCUT2D eigenvalue weighted by Gasteiger charge is -1.92. The van der Waals surface area contributed by atoms with Crippen LogP contribution in [0, 0.1) is 0 Å². The Labute approximate surface area is 63.5 Å². The third-order valence-corrected chi connectivity index (χ3v) is 1.83. The van der Waals surface area contributed by atoms with Gasteiger partial charge in [0, 0.05) is 15.9 Å². The second-order valence-corrected chi connectivity index (χ2v) is 2.53. The highest BCUT2D eigenvalue weighted by Crippen LogP contribution is 1.94. The first-order chi connectivity index (χ1) is 4.22. The Morgan fingerprint density at radius 3 is 2.78 bits per heavy atom. The first-order valence-corrected chi connectivity index (χ1v) is 3.26. The Morgan fingerprint density at radius 2 is 2.33 bits per heavy atom. The van der Waals surface area contributed by atoms with Crippen LogP contribution in [0.4, 0.5) is 0 Å². The van der Waals surface area contributed by atoms with E-state index in [1.54, 1.807) is 17.0 Å². The lowest BCUT2D eigenvalue weighted by molar-refractivity contribution is -0.665. The van der Waals surface area contributed by atoms with Crippen molar-refractivity contribution >= 4 is 29.4 Å². The molecule has 0 saturated heterocycles. The molecule has 44 valence electrons. The molecule has 1 rings (SSSR count). The summed E-state index contributed by atoms with van der Waals surface area (Å²) < 4.78 is 2.68. The molecule has 0 spiro atoms. The minimum absolute atomic E-state index is 0.643. The molecule has 0 unspecified atom stereocenters. The monoisotopic (exact) mass is 183 g/mol. The Kier molecular flexibility index (Phi) is 1.85. The van der Waals surface area contributed by atoms with Gasteiger partial charge in [0.05, 0.1) is 6.20 Å². The second-order valence-electron chi connectivity index (χ2n) is 1.71. The fourth-order valence-electron chi connectivity index (χ4n) is 0.472. The topological polar surface area (TPSA) is 16.8 Å². The maximum Gasteiger partial charge on any atom is 0.265 e. The average Bonchev–Trinajstić information content (AvgIpc) is 1.83. The summed E-state index contributed by atoms with van der Waals surface area (Å²) in [6.07, 6.45) is 3.29. The van der Waals surface area contributed by atoms with Crippen molar-refractivity contribution in [2.45, 2.75) is 0 Å². The van der Waals surface area contributed by atoms with Crippen LogP contribution in [-0.4, -0.2) is 12.8 Å². The summed E-state index contributed by atoms with van der Waals surface area (Å²) in [7, 11) is 7.35. The fourth-order valence-corrected chi connectivity index (χ4v) is 0.795. The van der Waals surface area contributed by atoms with Gasteiger partial charge in [-0.1, -0.05) is 0 Å². The van der Waals surface area contributed by atoms with E-state index in [-0.39, 0.29) is 0 Å². The standard InChI is InChI=1S/C5H5BBrN2/c1-9-4(6)2-8-3-5(9)7/h2-3H,1H3/q+1. The Balaban J connectivity index is 3.25. The molecule has 2 nitrogen and oxygen atoms in total. The van der Waals surface area contributed by atoms with E-state index in [1.807, 2.05) is 7.05 Å². The summed E-state index contributed by atoms with van der Waals surface area (Å²) in [6.45, 7) is 0. The van der Waals surface area contributed by atoms with Crippen molar-refractivity contribution in [2.75, 3.05) is 0 Å². The molecule has 0 bridgehead atoms. The molecule has 1 heterocycles. The van der Waals surface area contributed by atoms with Gasteiger partial charge in [-0.25, -0.2) is 4.57 Å². The quantitative estimate of drug-likeness (QED) is 0.390. The second kappa shape index (κ2) is 2.48. The van der Waals surface area contributed by atoms with Gasteiger partial charge in [-0.05, 0) is 0 Å². The largest absolute Gasteiger partial charge is 0.265 e. The maximum absolute atomic E-state index is 5.49. The van der Waals surface area contributed by atoms with Gasteiger partial charge >= 0.3 is 0 Å². The Morgan fingerprint density at radius 1 is 1.67 bits per heavy atom. The third kappa shape index (κ3) is 1.30. The highest BCUT2D eigenvalue weighted by Gasteiger charge is 2.02. The minimum Gasteiger partial charge on any atom is -0.252 e. The molecule has 0 saturated carbocycles. The Bertz CT molecular complexity index is 206. The van der Waals surface area contributed by atoms with E-state index in [0.717, 1.165) is 4.60 Å². The molecule has 1 aromatic heterocycles. The number of hydrogen-bond acceptors (Lipinski definition) is 1. The van der Waals surface area contributed by atoms with Gasteiger partial charge in [0.25, 0.3) is 4.60 Å². The fraction of sp³-hybridized carbons (Fsp3) is 0.200. The summed E-state index contributed by atoms with van der Waals surface area (Å²) in [5.41, 5.74) is 0.643. The van der Waals surface area contributed by atoms with Gasteiger partial charge in [-0.2, -0.15) is 0 Å². The highest BCUT2D eigenvalue weighted by atomic mass is 79.9. The predicted octanol–water partition coefficient (Wildman–Crippen LogP) is -0.538. The smallest absolute Gasteiger partial charge is 0.252 e. The molecule has 0 N–H and O–H groups in total. The zero-order chi connectivity index (χ0) is 6.85. The number of hydrogen-bond donors (Lipinski definition) is 0. The van der Waals surface area contributed by atoms with Crippen LogP contribution in [0.3, 0.4) is 0 Å². The summed E-state index contributed by atoms with van der Waals surface area (Å²) in [5, 5.41) is 0. The SMILES string of the molecule is [B]c1cncc(Br)[n+]1C. The van der Waals surface area contributed by atoms with Crippen molar-refractivity contribution < 1.29 is 4.57 Å². The van der Waals surface area contributed by atoms with Gasteiger partial charge < -0.3 is 0 Å². The molecule has 0 aliphatic carbocycles. The van der Waals surface area contributed by atoms with Crippen LogP contribution in [0.2, 0.25) is 0 Å². The number of nitrogens with zero attached hydrogens (tertiary/aromatic N) is 2. The van der Waals surface area contributed by atoms with Crippen LogP contribution in [-0.2, 0) is 7.05 Å². The molecular formula is C5H5BBrN2+. The normalized spacial score (nSPS) is 9.56. The average molecular weight is 184 g/mol. The van der Waals surface area contributed by atoms with Crippen molar-refractivity contribution in [3.05, 3.63) is 17.0 Å². The van der Waals surface area contributed by atoms with E-state index in [2.05, 4.69) is 20.9 Å². The zero-order valence-electron chi connectivity index (χ0n) is 5.00. The first kappa shape index (κ1) is 6.74. The third-order valence-electron chi connectivity index (χ3n) is 1.10. The van der Waals surface area contributed by atoms with E-state index in [1.165, 1.54) is 0 Å². The first-order valence-electron chi connectivity index (χ1n) is 2.47. The molecule has 2 radical (unpaired) electrons. The predicted molar refractivity (Wildman–Crippen MR) is 38.5 cm³/mol. The van der Waals surface area contributed by atoms with Crippen molar-refractivity contribution in [2.24, 2.45) is 7.05 Å². The molecule has 0 atom stereocenters. The summed E-state index contributed by atoms with van der Waals surface area (Å²) in [4.78, 5) is 3.85. The summed E-state index contributed by atoms with van der Waals surface area (Å²) in [6, 6.07) is 0. The molecule has 4 heteroatoms. The molecule has 0 amide bonds. The molecule has 0 fully saturated rings. The van der Waals surface area contributed by atoms with E-state index in [0.29, 0.717) is 5.59 Å². The number of rotatable bonds is 0. The van der Waals surface area contributed by atoms with Crippen LogP contribution < -0.4 is 10.2 Å². The minimum atomic E-state index is 0.643. The van der Waals surface area contributed by atoms with Gasteiger partial charge in [-0.3, -0.25) is 4.98 Å². The Hall–Kier alpha value is -0.375. The maximum atomic E-state index is 5.49. The molecule has 0 aromatic carbocycles. The van der Waals surface area contributed by atoms with Crippen molar-refractivity contribution in [3.63, 3.8) is 0 Å². The summed E-state index contributed by atoms with van der Waals surface area (Å²) >= 11 is 3.27. The van der Waals surface area contributed by atoms with Crippen LogP contribution in [0.15, 0.2) is 17.0 Å². The van der Waals surface area contributed by atoms with Gasteiger partial charge in [0.15, 0.2) is 0 Å². The van der Waals surface area contributed by atoms with E-state index in [9.17, 15) is 0 Å². The van der Waals surface area contributed by atoms with E-state index < -0.39 is 0 Å². The van der Waals surface area contributed by atoms with Crippen LogP contribution in [0.5, 0.6) is 0 Å². The van der Waals surface area contributed by atoms with Crippen molar-refractivity contribution in [1.82, 2.24) is 4.98 Å². The zero-order valence-corrected chi connectivity index (χ0v) is 6.59. The van der Waals surface area contributed by atoms with Crippen molar-refractivity contribution in [3.8, 4) is 0 Å². The van der Waals surface area contributed by atoms with Gasteiger partial charge in [0.2, 0.25) is 7.85 Å². The molecule has 0 aliphatic heterocycles. The van der Waals surface area contributed by atoms with Gasteiger partial charge in [-0.15, -0.1) is 0 Å². The molecule has 1 aromatic rings. The number of aromatic nitrogens is 2. The van der Waals surface area contributed by atoms with Crippen LogP contribution in [0.25, 0.3) is 0 Å². The number of halogens is 1. The lowest BCUT2D eigenvalue weighted by atomic mass is 10.1. The molecule has 9 heavy (non-hydrogen) atoms. The lowest BCUT2D eigenvalue weighted by Crippen LogP contribution is -2.47. The van der Waals surface area contributed by atoms with E-state index in [4.69, 9.17) is 7.85 Å². The highest BCUT2D eigenvalue weighted by molar-refractivity contribution is 9.10. The van der Waals surface area contributed by atoms with Crippen molar-refractivity contribution in [1.29, 1.82) is 0 Å². The van der Waals surface area contributed by atoms with Crippen LogP contribution >= 0.6 is 15.9 Å². The van der Waals surface area contributed by atoms with Crippen LogP contribution in [0.1, 0.15) is 0 Å². The van der Waals surface area contributed by atoms with E-state index >= 15 is 0 Å². The molecule has 0 aliphatic rings.